The monoisotopic (exact) mass is 261 g/mol. The Balaban J connectivity index is 2.11. The Labute approximate surface area is 112 Å². The van der Waals surface area contributed by atoms with Crippen LogP contribution < -0.4 is 10.5 Å². The van der Waals surface area contributed by atoms with Gasteiger partial charge in [0.25, 0.3) is 0 Å². The predicted octanol–water partition coefficient (Wildman–Crippen LogP) is 4.12. The maximum Gasteiger partial charge on any atom is 0.122 e. The van der Waals surface area contributed by atoms with Crippen LogP contribution in [0.1, 0.15) is 16.7 Å². The number of aryl methyl sites for hydroxylation is 1. The predicted molar refractivity (Wildman–Crippen MR) is 76.1 cm³/mol. The van der Waals surface area contributed by atoms with Crippen LogP contribution in [0.25, 0.3) is 0 Å². The van der Waals surface area contributed by atoms with E-state index in [0.717, 1.165) is 11.3 Å². The van der Waals surface area contributed by atoms with Crippen molar-refractivity contribution < 1.29 is 4.74 Å². The first-order chi connectivity index (χ1) is 8.58. The van der Waals surface area contributed by atoms with Gasteiger partial charge in [0.15, 0.2) is 0 Å². The standard InChI is InChI=1S/C15H16ClNO/c1-10-4-3-5-15(11(10)2)18-9-12-6-7-13(16)14(17)8-12/h3-8H,9,17H2,1-2H3. The molecule has 2 N–H and O–H groups in total. The van der Waals surface area contributed by atoms with Crippen LogP contribution in [0.3, 0.4) is 0 Å². The van der Waals surface area contributed by atoms with E-state index in [-0.39, 0.29) is 0 Å². The zero-order valence-corrected chi connectivity index (χ0v) is 11.3. The number of ether oxygens (including phenoxy) is 1. The third-order valence-corrected chi connectivity index (χ3v) is 3.35. The average Bonchev–Trinajstić information content (AvgIpc) is 2.35. The van der Waals surface area contributed by atoms with Crippen LogP contribution in [-0.2, 0) is 6.61 Å². The van der Waals surface area contributed by atoms with Gasteiger partial charge in [-0.25, -0.2) is 0 Å². The summed E-state index contributed by atoms with van der Waals surface area (Å²) in [5.74, 6) is 0.906. The lowest BCUT2D eigenvalue weighted by Gasteiger charge is -2.11. The quantitative estimate of drug-likeness (QED) is 0.844. The molecule has 3 heteroatoms. The summed E-state index contributed by atoms with van der Waals surface area (Å²) in [6.45, 7) is 4.62. The van der Waals surface area contributed by atoms with Crippen LogP contribution in [0.5, 0.6) is 5.75 Å². The van der Waals surface area contributed by atoms with Gasteiger partial charge >= 0.3 is 0 Å². The Bertz CT molecular complexity index is 566. The molecule has 2 rings (SSSR count). The molecule has 0 radical (unpaired) electrons. The van der Waals surface area contributed by atoms with Gasteiger partial charge in [0.2, 0.25) is 0 Å². The molecule has 2 nitrogen and oxygen atoms in total. The summed E-state index contributed by atoms with van der Waals surface area (Å²) in [4.78, 5) is 0. The number of hydrogen-bond acceptors (Lipinski definition) is 2. The normalized spacial score (nSPS) is 10.4. The van der Waals surface area contributed by atoms with Crippen LogP contribution in [-0.4, -0.2) is 0 Å². The summed E-state index contributed by atoms with van der Waals surface area (Å²) >= 11 is 5.88. The van der Waals surface area contributed by atoms with Crippen molar-refractivity contribution in [3.8, 4) is 5.75 Å². The first-order valence-electron chi connectivity index (χ1n) is 5.81. The van der Waals surface area contributed by atoms with Gasteiger partial charge in [0.1, 0.15) is 12.4 Å². The SMILES string of the molecule is Cc1cccc(OCc2ccc(Cl)c(N)c2)c1C. The largest absolute Gasteiger partial charge is 0.489 e. The van der Waals surface area contributed by atoms with Gasteiger partial charge in [-0.05, 0) is 48.7 Å². The topological polar surface area (TPSA) is 35.2 Å². The lowest BCUT2D eigenvalue weighted by Crippen LogP contribution is -1.99. The summed E-state index contributed by atoms with van der Waals surface area (Å²) < 4.78 is 5.80. The van der Waals surface area contributed by atoms with Crippen molar-refractivity contribution in [1.29, 1.82) is 0 Å². The van der Waals surface area contributed by atoms with Gasteiger partial charge < -0.3 is 10.5 Å². The zero-order valence-electron chi connectivity index (χ0n) is 10.5. The molecular weight excluding hydrogens is 246 g/mol. The fourth-order valence-electron chi connectivity index (χ4n) is 1.72. The molecule has 0 bridgehead atoms. The fourth-order valence-corrected chi connectivity index (χ4v) is 1.84. The molecule has 2 aromatic rings. The Morgan fingerprint density at radius 2 is 1.94 bits per heavy atom. The lowest BCUT2D eigenvalue weighted by molar-refractivity contribution is 0.304. The van der Waals surface area contributed by atoms with Gasteiger partial charge in [-0.1, -0.05) is 29.8 Å². The van der Waals surface area contributed by atoms with Crippen LogP contribution in [0, 0.1) is 13.8 Å². The minimum atomic E-state index is 0.492. The minimum Gasteiger partial charge on any atom is -0.489 e. The summed E-state index contributed by atoms with van der Waals surface area (Å²) in [5.41, 5.74) is 9.74. The van der Waals surface area contributed by atoms with Gasteiger partial charge in [-0.2, -0.15) is 0 Å². The first kappa shape index (κ1) is 12.8. The molecule has 0 heterocycles. The van der Waals surface area contributed by atoms with Crippen molar-refractivity contribution in [2.45, 2.75) is 20.5 Å². The molecule has 0 atom stereocenters. The van der Waals surface area contributed by atoms with Gasteiger partial charge in [0, 0.05) is 0 Å². The molecule has 18 heavy (non-hydrogen) atoms. The molecule has 0 unspecified atom stereocenters. The van der Waals surface area contributed by atoms with E-state index in [1.807, 2.05) is 24.3 Å². The van der Waals surface area contributed by atoms with Gasteiger partial charge in [-0.15, -0.1) is 0 Å². The highest BCUT2D eigenvalue weighted by Crippen LogP contribution is 2.23. The van der Waals surface area contributed by atoms with Gasteiger partial charge in [-0.3, -0.25) is 0 Å². The van der Waals surface area contributed by atoms with E-state index in [2.05, 4.69) is 19.9 Å². The summed E-state index contributed by atoms with van der Waals surface area (Å²) in [6, 6.07) is 11.6. The smallest absolute Gasteiger partial charge is 0.122 e. The zero-order chi connectivity index (χ0) is 13.1. The summed E-state index contributed by atoms with van der Waals surface area (Å²) in [5, 5.41) is 0.575. The van der Waals surface area contributed by atoms with Crippen LogP contribution in [0.4, 0.5) is 5.69 Å². The highest BCUT2D eigenvalue weighted by Gasteiger charge is 2.03. The van der Waals surface area contributed by atoms with Crippen LogP contribution in [0.2, 0.25) is 5.02 Å². The highest BCUT2D eigenvalue weighted by molar-refractivity contribution is 6.33. The minimum absolute atomic E-state index is 0.492. The molecule has 0 saturated carbocycles. The molecule has 94 valence electrons. The molecule has 0 aromatic heterocycles. The van der Waals surface area contributed by atoms with E-state index in [4.69, 9.17) is 22.1 Å². The highest BCUT2D eigenvalue weighted by atomic mass is 35.5. The molecule has 2 aromatic carbocycles. The lowest BCUT2D eigenvalue weighted by atomic mass is 10.1. The molecule has 0 aliphatic carbocycles. The van der Waals surface area contributed by atoms with Crippen LogP contribution in [0.15, 0.2) is 36.4 Å². The number of nitrogen functional groups attached to an aromatic ring is 1. The number of rotatable bonds is 3. The molecule has 0 spiro atoms. The van der Waals surface area contributed by atoms with E-state index in [0.29, 0.717) is 17.3 Å². The average molecular weight is 262 g/mol. The molecule has 0 aliphatic heterocycles. The Morgan fingerprint density at radius 3 is 2.67 bits per heavy atom. The summed E-state index contributed by atoms with van der Waals surface area (Å²) in [7, 11) is 0. The number of anilines is 1. The maximum atomic E-state index is 5.88. The van der Waals surface area contributed by atoms with Crippen molar-refractivity contribution in [1.82, 2.24) is 0 Å². The Morgan fingerprint density at radius 1 is 1.17 bits per heavy atom. The van der Waals surface area contributed by atoms with E-state index < -0.39 is 0 Å². The van der Waals surface area contributed by atoms with Crippen molar-refractivity contribution in [2.24, 2.45) is 0 Å². The second kappa shape index (κ2) is 5.32. The van der Waals surface area contributed by atoms with E-state index in [9.17, 15) is 0 Å². The van der Waals surface area contributed by atoms with Crippen molar-refractivity contribution >= 4 is 17.3 Å². The van der Waals surface area contributed by atoms with Crippen LogP contribution >= 0.6 is 11.6 Å². The third-order valence-electron chi connectivity index (χ3n) is 3.01. The number of halogens is 1. The maximum absolute atomic E-state index is 5.88. The summed E-state index contributed by atoms with van der Waals surface area (Å²) in [6.07, 6.45) is 0. The van der Waals surface area contributed by atoms with E-state index in [1.54, 1.807) is 6.07 Å². The number of nitrogens with two attached hydrogens (primary N) is 1. The van der Waals surface area contributed by atoms with Gasteiger partial charge in [0.05, 0.1) is 10.7 Å². The van der Waals surface area contributed by atoms with E-state index in [1.165, 1.54) is 11.1 Å². The van der Waals surface area contributed by atoms with Crippen molar-refractivity contribution in [3.05, 3.63) is 58.1 Å². The van der Waals surface area contributed by atoms with Crippen molar-refractivity contribution in [2.75, 3.05) is 5.73 Å². The third kappa shape index (κ3) is 2.77. The molecule has 0 aliphatic rings. The molecule has 0 saturated heterocycles. The number of benzene rings is 2. The second-order valence-electron chi connectivity index (χ2n) is 4.34. The second-order valence-corrected chi connectivity index (χ2v) is 4.75. The first-order valence-corrected chi connectivity index (χ1v) is 6.18. The van der Waals surface area contributed by atoms with E-state index >= 15 is 0 Å². The number of hydrogen-bond donors (Lipinski definition) is 1. The fraction of sp³-hybridized carbons (Fsp3) is 0.200. The van der Waals surface area contributed by atoms with Crippen molar-refractivity contribution in [3.63, 3.8) is 0 Å². The molecular formula is C15H16ClNO. The Kier molecular flexibility index (Phi) is 3.78. The Hall–Kier alpha value is -1.67. The molecule has 0 fully saturated rings. The molecule has 0 amide bonds.